The van der Waals surface area contributed by atoms with Crippen molar-refractivity contribution in [3.05, 3.63) is 0 Å². The van der Waals surface area contributed by atoms with Crippen molar-refractivity contribution in [3.8, 4) is 0 Å². The number of aliphatic hydroxyl groups is 1. The van der Waals surface area contributed by atoms with Gasteiger partial charge in [-0.3, -0.25) is 0 Å². The molecule has 0 atom stereocenters. The molecule has 1 saturated heterocycles. The summed E-state index contributed by atoms with van der Waals surface area (Å²) >= 11 is 0. The van der Waals surface area contributed by atoms with Crippen molar-refractivity contribution in [2.24, 2.45) is 5.92 Å². The van der Waals surface area contributed by atoms with Crippen LogP contribution in [0.3, 0.4) is 0 Å². The zero-order chi connectivity index (χ0) is 14.8. The van der Waals surface area contributed by atoms with Crippen LogP contribution in [0.4, 0.5) is 17.8 Å². The van der Waals surface area contributed by atoms with Gasteiger partial charge in [-0.1, -0.05) is 0 Å². The van der Waals surface area contributed by atoms with Gasteiger partial charge in [0, 0.05) is 26.7 Å². The van der Waals surface area contributed by atoms with Crippen molar-refractivity contribution in [2.75, 3.05) is 42.2 Å². The SMILES string of the molecule is CN(CC1CC(O)C1)c1nc(N)nc(N2CCCCC2)n1. The summed E-state index contributed by atoms with van der Waals surface area (Å²) in [6.45, 7) is 2.82. The molecular weight excluding hydrogens is 268 g/mol. The number of nitrogen functional groups attached to an aromatic ring is 1. The van der Waals surface area contributed by atoms with Crippen molar-refractivity contribution in [1.82, 2.24) is 15.0 Å². The summed E-state index contributed by atoms with van der Waals surface area (Å²) in [4.78, 5) is 17.3. The zero-order valence-electron chi connectivity index (χ0n) is 12.6. The Bertz CT molecular complexity index is 484. The highest BCUT2D eigenvalue weighted by Crippen LogP contribution is 2.28. The zero-order valence-corrected chi connectivity index (χ0v) is 12.6. The highest BCUT2D eigenvalue weighted by Gasteiger charge is 2.29. The first-order valence-corrected chi connectivity index (χ1v) is 7.77. The molecule has 0 spiro atoms. The molecule has 1 aliphatic heterocycles. The number of piperidine rings is 1. The maximum Gasteiger partial charge on any atom is 0.231 e. The Hall–Kier alpha value is -1.63. The van der Waals surface area contributed by atoms with E-state index in [-0.39, 0.29) is 12.1 Å². The fourth-order valence-electron chi connectivity index (χ4n) is 3.09. The molecule has 7 heteroatoms. The van der Waals surface area contributed by atoms with Crippen LogP contribution in [0.25, 0.3) is 0 Å². The molecule has 1 saturated carbocycles. The van der Waals surface area contributed by atoms with Gasteiger partial charge in [-0.25, -0.2) is 0 Å². The van der Waals surface area contributed by atoms with Crippen molar-refractivity contribution in [3.63, 3.8) is 0 Å². The van der Waals surface area contributed by atoms with Gasteiger partial charge in [0.1, 0.15) is 0 Å². The van der Waals surface area contributed by atoms with Crippen molar-refractivity contribution < 1.29 is 5.11 Å². The molecule has 2 fully saturated rings. The lowest BCUT2D eigenvalue weighted by atomic mass is 9.82. The van der Waals surface area contributed by atoms with Gasteiger partial charge in [-0.15, -0.1) is 0 Å². The lowest BCUT2D eigenvalue weighted by Gasteiger charge is -2.34. The quantitative estimate of drug-likeness (QED) is 0.842. The maximum absolute atomic E-state index is 9.37. The molecule has 3 N–H and O–H groups in total. The first kappa shape index (κ1) is 14.3. The van der Waals surface area contributed by atoms with Crippen LogP contribution in [-0.4, -0.2) is 52.8 Å². The number of hydrogen-bond acceptors (Lipinski definition) is 7. The maximum atomic E-state index is 9.37. The van der Waals surface area contributed by atoms with Gasteiger partial charge in [-0.05, 0) is 38.0 Å². The van der Waals surface area contributed by atoms with Crippen molar-refractivity contribution in [2.45, 2.75) is 38.2 Å². The second-order valence-electron chi connectivity index (χ2n) is 6.21. The second kappa shape index (κ2) is 6.01. The molecule has 1 aliphatic carbocycles. The van der Waals surface area contributed by atoms with Crippen LogP contribution in [0.15, 0.2) is 0 Å². The average molecular weight is 292 g/mol. The number of aliphatic hydroxyl groups excluding tert-OH is 1. The van der Waals surface area contributed by atoms with Gasteiger partial charge in [0.15, 0.2) is 0 Å². The van der Waals surface area contributed by atoms with E-state index < -0.39 is 0 Å². The minimum atomic E-state index is -0.129. The Morgan fingerprint density at radius 2 is 1.90 bits per heavy atom. The van der Waals surface area contributed by atoms with Gasteiger partial charge in [0.25, 0.3) is 0 Å². The number of nitrogens with two attached hydrogens (primary N) is 1. The molecule has 0 radical (unpaired) electrons. The van der Waals surface area contributed by atoms with Gasteiger partial charge in [-0.2, -0.15) is 15.0 Å². The number of aromatic nitrogens is 3. The van der Waals surface area contributed by atoms with Crippen molar-refractivity contribution in [1.29, 1.82) is 0 Å². The average Bonchev–Trinajstić information content (AvgIpc) is 2.46. The van der Waals surface area contributed by atoms with Crippen LogP contribution in [0.2, 0.25) is 0 Å². The minimum absolute atomic E-state index is 0.129. The van der Waals surface area contributed by atoms with Crippen LogP contribution in [-0.2, 0) is 0 Å². The van der Waals surface area contributed by atoms with E-state index in [4.69, 9.17) is 5.73 Å². The summed E-state index contributed by atoms with van der Waals surface area (Å²) in [6, 6.07) is 0. The standard InChI is InChI=1S/C14H24N6O/c1-19(9-10-7-11(21)8-10)13-16-12(15)17-14(18-13)20-5-3-2-4-6-20/h10-11,21H,2-9H2,1H3,(H2,15,16,17,18). The monoisotopic (exact) mass is 292 g/mol. The lowest BCUT2D eigenvalue weighted by molar-refractivity contribution is 0.0463. The van der Waals surface area contributed by atoms with Gasteiger partial charge < -0.3 is 20.6 Å². The third-order valence-corrected chi connectivity index (χ3v) is 4.35. The number of rotatable bonds is 4. The van der Waals surface area contributed by atoms with Crippen LogP contribution in [0, 0.1) is 5.92 Å². The number of nitrogens with zero attached hydrogens (tertiary/aromatic N) is 5. The molecule has 1 aromatic heterocycles. The Morgan fingerprint density at radius 1 is 1.19 bits per heavy atom. The Kier molecular flexibility index (Phi) is 4.10. The van der Waals surface area contributed by atoms with E-state index in [1.807, 2.05) is 11.9 Å². The number of hydrogen-bond donors (Lipinski definition) is 2. The number of anilines is 3. The molecule has 21 heavy (non-hydrogen) atoms. The van der Waals surface area contributed by atoms with Gasteiger partial charge >= 0.3 is 0 Å². The van der Waals surface area contributed by atoms with Crippen LogP contribution < -0.4 is 15.5 Å². The molecule has 2 heterocycles. The van der Waals surface area contributed by atoms with E-state index >= 15 is 0 Å². The lowest BCUT2D eigenvalue weighted by Crippen LogP contribution is -2.38. The third kappa shape index (κ3) is 3.34. The molecule has 0 bridgehead atoms. The normalized spacial score (nSPS) is 25.5. The van der Waals surface area contributed by atoms with Gasteiger partial charge in [0.05, 0.1) is 6.10 Å². The van der Waals surface area contributed by atoms with Crippen molar-refractivity contribution >= 4 is 17.8 Å². The van der Waals surface area contributed by atoms with E-state index in [0.717, 1.165) is 32.5 Å². The van der Waals surface area contributed by atoms with E-state index in [1.165, 1.54) is 19.3 Å². The molecular formula is C14H24N6O. The first-order valence-electron chi connectivity index (χ1n) is 7.77. The van der Waals surface area contributed by atoms with E-state index in [1.54, 1.807) is 0 Å². The Morgan fingerprint density at radius 3 is 2.57 bits per heavy atom. The topological polar surface area (TPSA) is 91.4 Å². The summed E-state index contributed by atoms with van der Waals surface area (Å²) in [6.07, 6.45) is 5.23. The third-order valence-electron chi connectivity index (χ3n) is 4.35. The smallest absolute Gasteiger partial charge is 0.231 e. The fourth-order valence-corrected chi connectivity index (χ4v) is 3.09. The summed E-state index contributed by atoms with van der Waals surface area (Å²) in [5.41, 5.74) is 5.85. The molecule has 1 aromatic rings. The molecule has 2 aliphatic rings. The predicted octanol–water partition coefficient (Wildman–Crippen LogP) is 0.651. The summed E-state index contributed by atoms with van der Waals surface area (Å²) in [7, 11) is 1.97. The summed E-state index contributed by atoms with van der Waals surface area (Å²) in [5, 5.41) is 9.37. The fraction of sp³-hybridized carbons (Fsp3) is 0.786. The molecule has 0 amide bonds. The summed E-state index contributed by atoms with van der Waals surface area (Å²) in [5.74, 6) is 2.12. The predicted molar refractivity (Wildman–Crippen MR) is 82.3 cm³/mol. The molecule has 0 unspecified atom stereocenters. The Balaban J connectivity index is 1.70. The van der Waals surface area contributed by atoms with E-state index in [2.05, 4.69) is 19.9 Å². The second-order valence-corrected chi connectivity index (χ2v) is 6.21. The van der Waals surface area contributed by atoms with Crippen LogP contribution >= 0.6 is 0 Å². The first-order chi connectivity index (χ1) is 10.1. The van der Waals surface area contributed by atoms with E-state index in [0.29, 0.717) is 17.8 Å². The largest absolute Gasteiger partial charge is 0.393 e. The molecule has 7 nitrogen and oxygen atoms in total. The minimum Gasteiger partial charge on any atom is -0.393 e. The molecule has 0 aromatic carbocycles. The van der Waals surface area contributed by atoms with E-state index in [9.17, 15) is 5.11 Å². The van der Waals surface area contributed by atoms with Gasteiger partial charge in [0.2, 0.25) is 17.8 Å². The Labute approximate surface area is 125 Å². The summed E-state index contributed by atoms with van der Waals surface area (Å²) < 4.78 is 0. The van der Waals surface area contributed by atoms with Crippen LogP contribution in [0.1, 0.15) is 32.1 Å². The highest BCUT2D eigenvalue weighted by molar-refractivity contribution is 5.43. The molecule has 3 rings (SSSR count). The molecule has 116 valence electrons. The highest BCUT2D eigenvalue weighted by atomic mass is 16.3. The van der Waals surface area contributed by atoms with Crippen LogP contribution in [0.5, 0.6) is 0 Å².